The Morgan fingerprint density at radius 3 is 2.27 bits per heavy atom. The predicted molar refractivity (Wildman–Crippen MR) is 143 cm³/mol. The standard InChI is InChI=1S/C24H38Cl2N4O6S/c1-16(2)12-18(27-23(33)36-24(3,4)5)14-29-8-10-30(11-9-29)22(32)20(15-31)28-37(34,35)21-7-6-17(25)13-19(21)26/h6-7,13,16,18,20,28,31H,8-12,14-15H2,1-5H3,(H,27,33)/t18-,20-/m0/s1. The number of aliphatic hydroxyl groups is 1. The van der Waals surface area contributed by atoms with E-state index in [-0.39, 0.29) is 21.0 Å². The quantitative estimate of drug-likeness (QED) is 0.388. The van der Waals surface area contributed by atoms with E-state index in [0.29, 0.717) is 38.6 Å². The molecule has 1 aromatic rings. The van der Waals surface area contributed by atoms with Gasteiger partial charge in [-0.3, -0.25) is 9.69 Å². The summed E-state index contributed by atoms with van der Waals surface area (Å²) in [7, 11) is -4.18. The Morgan fingerprint density at radius 1 is 1.14 bits per heavy atom. The van der Waals surface area contributed by atoms with Gasteiger partial charge in [0.25, 0.3) is 0 Å². The van der Waals surface area contributed by atoms with Crippen molar-refractivity contribution in [3.05, 3.63) is 28.2 Å². The first-order valence-corrected chi connectivity index (χ1v) is 14.4. The van der Waals surface area contributed by atoms with Crippen molar-refractivity contribution in [3.8, 4) is 0 Å². The van der Waals surface area contributed by atoms with Gasteiger partial charge in [0.05, 0.1) is 11.6 Å². The second-order valence-electron chi connectivity index (χ2n) is 10.5. The largest absolute Gasteiger partial charge is 0.444 e. The first-order valence-electron chi connectivity index (χ1n) is 12.2. The molecule has 0 spiro atoms. The van der Waals surface area contributed by atoms with Crippen molar-refractivity contribution < 1.29 is 27.9 Å². The average Bonchev–Trinajstić information content (AvgIpc) is 2.75. The van der Waals surface area contributed by atoms with E-state index < -0.39 is 40.3 Å². The fourth-order valence-corrected chi connectivity index (χ4v) is 5.97. The highest BCUT2D eigenvalue weighted by Crippen LogP contribution is 2.25. The molecule has 0 unspecified atom stereocenters. The van der Waals surface area contributed by atoms with E-state index in [1.165, 1.54) is 23.1 Å². The Bertz CT molecular complexity index is 1040. The number of carbonyl (C=O) groups excluding carboxylic acids is 2. The van der Waals surface area contributed by atoms with Crippen LogP contribution >= 0.6 is 23.2 Å². The number of nitrogens with zero attached hydrogens (tertiary/aromatic N) is 2. The summed E-state index contributed by atoms with van der Waals surface area (Å²) >= 11 is 11.9. The Morgan fingerprint density at radius 2 is 1.76 bits per heavy atom. The number of alkyl carbamates (subject to hydrolysis) is 1. The lowest BCUT2D eigenvalue weighted by Crippen LogP contribution is -2.57. The Kier molecular flexibility index (Phi) is 11.5. The molecule has 2 amide bonds. The first kappa shape index (κ1) is 31.6. The Labute approximate surface area is 229 Å². The van der Waals surface area contributed by atoms with E-state index in [1.54, 1.807) is 0 Å². The minimum absolute atomic E-state index is 0.0892. The maximum atomic E-state index is 13.0. The monoisotopic (exact) mass is 580 g/mol. The molecule has 1 fully saturated rings. The number of ether oxygens (including phenoxy) is 1. The maximum Gasteiger partial charge on any atom is 0.407 e. The normalized spacial score (nSPS) is 16.9. The van der Waals surface area contributed by atoms with Crippen LogP contribution in [0.5, 0.6) is 0 Å². The second kappa shape index (κ2) is 13.4. The molecular weight excluding hydrogens is 543 g/mol. The third kappa shape index (κ3) is 10.2. The Balaban J connectivity index is 1.97. The number of aliphatic hydroxyl groups excluding tert-OH is 1. The molecule has 2 rings (SSSR count). The molecule has 210 valence electrons. The van der Waals surface area contributed by atoms with Crippen molar-refractivity contribution in [1.29, 1.82) is 0 Å². The highest BCUT2D eigenvalue weighted by Gasteiger charge is 2.32. The van der Waals surface area contributed by atoms with Gasteiger partial charge in [-0.05, 0) is 51.3 Å². The van der Waals surface area contributed by atoms with Crippen LogP contribution in [-0.2, 0) is 19.6 Å². The van der Waals surface area contributed by atoms with Gasteiger partial charge in [0.2, 0.25) is 15.9 Å². The van der Waals surface area contributed by atoms with Gasteiger partial charge >= 0.3 is 6.09 Å². The fraction of sp³-hybridized carbons (Fsp3) is 0.667. The van der Waals surface area contributed by atoms with E-state index in [4.69, 9.17) is 27.9 Å². The van der Waals surface area contributed by atoms with Crippen molar-refractivity contribution in [1.82, 2.24) is 19.8 Å². The molecule has 1 aliphatic heterocycles. The van der Waals surface area contributed by atoms with E-state index in [0.717, 1.165) is 6.42 Å². The summed E-state index contributed by atoms with van der Waals surface area (Å²) in [6.07, 6.45) is 0.297. The van der Waals surface area contributed by atoms with Crippen LogP contribution in [0.2, 0.25) is 10.0 Å². The van der Waals surface area contributed by atoms with Crippen LogP contribution in [0.4, 0.5) is 4.79 Å². The van der Waals surface area contributed by atoms with Gasteiger partial charge in [-0.15, -0.1) is 0 Å². The lowest BCUT2D eigenvalue weighted by atomic mass is 10.0. The summed E-state index contributed by atoms with van der Waals surface area (Å²) < 4.78 is 33.2. The van der Waals surface area contributed by atoms with Gasteiger partial charge in [0.1, 0.15) is 16.5 Å². The van der Waals surface area contributed by atoms with Crippen molar-refractivity contribution in [2.75, 3.05) is 39.3 Å². The van der Waals surface area contributed by atoms with Gasteiger partial charge in [-0.2, -0.15) is 4.72 Å². The molecule has 0 aromatic heterocycles. The second-order valence-corrected chi connectivity index (χ2v) is 13.1. The Hall–Kier alpha value is -1.63. The molecule has 0 bridgehead atoms. The molecule has 10 nitrogen and oxygen atoms in total. The number of halogens is 2. The minimum Gasteiger partial charge on any atom is -0.444 e. The highest BCUT2D eigenvalue weighted by molar-refractivity contribution is 7.89. The smallest absolute Gasteiger partial charge is 0.407 e. The van der Waals surface area contributed by atoms with E-state index in [1.807, 2.05) is 20.8 Å². The molecule has 1 heterocycles. The van der Waals surface area contributed by atoms with Gasteiger partial charge < -0.3 is 20.1 Å². The number of hydrogen-bond donors (Lipinski definition) is 3. The average molecular weight is 582 g/mol. The topological polar surface area (TPSA) is 128 Å². The SMILES string of the molecule is CC(C)C[C@@H](CN1CCN(C(=O)[C@H](CO)NS(=O)(=O)c2ccc(Cl)cc2Cl)CC1)NC(=O)OC(C)(C)C. The lowest BCUT2D eigenvalue weighted by molar-refractivity contribution is -0.135. The van der Waals surface area contributed by atoms with Gasteiger partial charge in [0, 0.05) is 43.8 Å². The third-order valence-electron chi connectivity index (χ3n) is 5.60. The van der Waals surface area contributed by atoms with Crippen molar-refractivity contribution in [2.24, 2.45) is 5.92 Å². The van der Waals surface area contributed by atoms with Crippen LogP contribution in [-0.4, -0.2) is 92.3 Å². The van der Waals surface area contributed by atoms with Crippen LogP contribution in [0.15, 0.2) is 23.1 Å². The van der Waals surface area contributed by atoms with Crippen molar-refractivity contribution in [3.63, 3.8) is 0 Å². The summed E-state index contributed by atoms with van der Waals surface area (Å²) in [5.41, 5.74) is -0.595. The van der Waals surface area contributed by atoms with Gasteiger partial charge in [-0.1, -0.05) is 37.0 Å². The van der Waals surface area contributed by atoms with Crippen LogP contribution < -0.4 is 10.0 Å². The number of rotatable bonds is 10. The number of amides is 2. The molecule has 0 radical (unpaired) electrons. The molecule has 3 N–H and O–H groups in total. The lowest BCUT2D eigenvalue weighted by Gasteiger charge is -2.38. The van der Waals surface area contributed by atoms with Crippen LogP contribution in [0.25, 0.3) is 0 Å². The summed E-state index contributed by atoms with van der Waals surface area (Å²) in [6, 6.07) is 2.42. The summed E-state index contributed by atoms with van der Waals surface area (Å²) in [4.78, 5) is 28.7. The summed E-state index contributed by atoms with van der Waals surface area (Å²) in [6.45, 7) is 11.2. The van der Waals surface area contributed by atoms with Crippen LogP contribution in [0.1, 0.15) is 41.0 Å². The summed E-state index contributed by atoms with van der Waals surface area (Å²) in [5, 5.41) is 12.9. The molecule has 37 heavy (non-hydrogen) atoms. The summed E-state index contributed by atoms with van der Waals surface area (Å²) in [5.74, 6) is -0.170. The molecule has 1 saturated heterocycles. The molecular formula is C24H38Cl2N4O6S. The number of sulfonamides is 1. The number of piperazine rings is 1. The molecule has 0 saturated carbocycles. The molecule has 13 heteroatoms. The zero-order valence-electron chi connectivity index (χ0n) is 22.0. The van der Waals surface area contributed by atoms with E-state index >= 15 is 0 Å². The molecule has 2 atom stereocenters. The molecule has 1 aromatic carbocycles. The molecule has 0 aliphatic carbocycles. The maximum absolute atomic E-state index is 13.0. The predicted octanol–water partition coefficient (Wildman–Crippen LogP) is 2.72. The minimum atomic E-state index is -4.18. The van der Waals surface area contributed by atoms with Gasteiger partial charge in [-0.25, -0.2) is 13.2 Å². The highest BCUT2D eigenvalue weighted by atomic mass is 35.5. The van der Waals surface area contributed by atoms with Crippen molar-refractivity contribution >= 4 is 45.2 Å². The zero-order valence-corrected chi connectivity index (χ0v) is 24.3. The van der Waals surface area contributed by atoms with E-state index in [2.05, 4.69) is 28.8 Å². The number of benzene rings is 1. The first-order chi connectivity index (χ1) is 17.1. The number of nitrogens with one attached hydrogen (secondary N) is 2. The fourth-order valence-electron chi connectivity index (χ4n) is 4.01. The number of carbonyl (C=O) groups is 2. The zero-order chi connectivity index (χ0) is 28.0. The van der Waals surface area contributed by atoms with Crippen LogP contribution in [0.3, 0.4) is 0 Å². The van der Waals surface area contributed by atoms with E-state index in [9.17, 15) is 23.1 Å². The number of hydrogen-bond acceptors (Lipinski definition) is 7. The molecule has 1 aliphatic rings. The van der Waals surface area contributed by atoms with Gasteiger partial charge in [0.15, 0.2) is 0 Å². The van der Waals surface area contributed by atoms with Crippen LogP contribution in [0, 0.1) is 5.92 Å². The van der Waals surface area contributed by atoms with Crippen molar-refractivity contribution in [2.45, 2.75) is 63.6 Å². The third-order valence-corrected chi connectivity index (χ3v) is 7.79.